The minimum absolute atomic E-state index is 0.000448. The van der Waals surface area contributed by atoms with Gasteiger partial charge in [-0.1, -0.05) is 48.5 Å². The van der Waals surface area contributed by atoms with E-state index in [-0.39, 0.29) is 60.7 Å². The standard InChI is InChI=1S/C32H27F2N3O6/c33-22-9-8-21(26(34)13-22)14-35-31(40)25-15-36-16-27-37(23(18-42-27)12-19-6-10-24(38)11-7-19)32(41)28(36)30(29(25)39)43-17-20-4-2-1-3-5-20/h1-11,13,15,23,27,38H,12,14,16-18H2,(H,35,40)/t23-,27+/m0/s1. The van der Waals surface area contributed by atoms with E-state index in [1.165, 1.54) is 16.8 Å². The van der Waals surface area contributed by atoms with E-state index >= 15 is 0 Å². The highest BCUT2D eigenvalue weighted by atomic mass is 19.1. The fourth-order valence-corrected chi connectivity index (χ4v) is 5.37. The van der Waals surface area contributed by atoms with Gasteiger partial charge in [0.2, 0.25) is 5.43 Å². The van der Waals surface area contributed by atoms with Crippen LogP contribution in [0.2, 0.25) is 0 Å². The number of fused-ring (bicyclic) bond motifs is 2. The summed E-state index contributed by atoms with van der Waals surface area (Å²) >= 11 is 0. The second-order valence-electron chi connectivity index (χ2n) is 10.4. The molecular weight excluding hydrogens is 560 g/mol. The van der Waals surface area contributed by atoms with Gasteiger partial charge in [0, 0.05) is 24.4 Å². The van der Waals surface area contributed by atoms with Gasteiger partial charge in [-0.2, -0.15) is 0 Å². The van der Waals surface area contributed by atoms with Gasteiger partial charge < -0.3 is 29.4 Å². The number of nitrogens with zero attached hydrogens (tertiary/aromatic N) is 2. The van der Waals surface area contributed by atoms with Crippen LogP contribution in [-0.2, 0) is 30.9 Å². The van der Waals surface area contributed by atoms with E-state index in [4.69, 9.17) is 9.47 Å². The lowest BCUT2D eigenvalue weighted by molar-refractivity contribution is 0.00554. The Kier molecular flexibility index (Phi) is 7.64. The van der Waals surface area contributed by atoms with Crippen LogP contribution in [-0.4, -0.2) is 45.3 Å². The number of nitrogens with one attached hydrogen (secondary N) is 1. The molecule has 9 nitrogen and oxygen atoms in total. The van der Waals surface area contributed by atoms with Crippen LogP contribution in [0.15, 0.2) is 83.8 Å². The number of aromatic nitrogens is 1. The van der Waals surface area contributed by atoms with Crippen LogP contribution in [0.4, 0.5) is 8.78 Å². The monoisotopic (exact) mass is 587 g/mol. The van der Waals surface area contributed by atoms with Gasteiger partial charge in [0.1, 0.15) is 29.6 Å². The van der Waals surface area contributed by atoms with Crippen LogP contribution in [0.5, 0.6) is 11.5 Å². The second kappa shape index (κ2) is 11.7. The van der Waals surface area contributed by atoms with Gasteiger partial charge in [0.25, 0.3) is 11.8 Å². The summed E-state index contributed by atoms with van der Waals surface area (Å²) < 4.78 is 40.9. The van der Waals surface area contributed by atoms with Crippen molar-refractivity contribution >= 4 is 11.8 Å². The maximum Gasteiger partial charge on any atom is 0.276 e. The van der Waals surface area contributed by atoms with Crippen LogP contribution in [0.1, 0.15) is 37.5 Å². The van der Waals surface area contributed by atoms with Gasteiger partial charge in [0.15, 0.2) is 17.7 Å². The minimum Gasteiger partial charge on any atom is -0.508 e. The average molecular weight is 588 g/mol. The molecule has 2 aliphatic rings. The van der Waals surface area contributed by atoms with Gasteiger partial charge in [-0.15, -0.1) is 0 Å². The van der Waals surface area contributed by atoms with Crippen molar-refractivity contribution in [3.63, 3.8) is 0 Å². The summed E-state index contributed by atoms with van der Waals surface area (Å²) in [6, 6.07) is 18.4. The third-order valence-corrected chi connectivity index (χ3v) is 7.55. The topological polar surface area (TPSA) is 110 Å². The Bertz CT molecular complexity index is 1740. The molecule has 4 aromatic rings. The number of ether oxygens (including phenoxy) is 2. The molecule has 0 saturated carbocycles. The van der Waals surface area contributed by atoms with E-state index in [1.54, 1.807) is 41.3 Å². The van der Waals surface area contributed by atoms with Crippen molar-refractivity contribution in [3.8, 4) is 11.5 Å². The van der Waals surface area contributed by atoms with Crippen LogP contribution >= 0.6 is 0 Å². The van der Waals surface area contributed by atoms with E-state index in [0.717, 1.165) is 17.2 Å². The zero-order valence-corrected chi connectivity index (χ0v) is 22.8. The van der Waals surface area contributed by atoms with Gasteiger partial charge in [0.05, 0.1) is 19.2 Å². The first-order valence-electron chi connectivity index (χ1n) is 13.7. The predicted octanol–water partition coefficient (Wildman–Crippen LogP) is 3.76. The summed E-state index contributed by atoms with van der Waals surface area (Å²) in [4.78, 5) is 42.5. The van der Waals surface area contributed by atoms with Crippen molar-refractivity contribution < 1.29 is 33.0 Å². The SMILES string of the molecule is O=C(NCc1ccc(F)cc1F)c1cn2c(c(OCc3ccccc3)c1=O)C(=O)N1[C@@H](Cc3ccc(O)cc3)CO[C@@H]1C2. The summed E-state index contributed by atoms with van der Waals surface area (Å²) in [6.45, 7) is 0.0810. The molecule has 6 rings (SSSR count). The molecular formula is C32H27F2N3O6. The molecule has 1 fully saturated rings. The molecule has 3 heterocycles. The lowest BCUT2D eigenvalue weighted by Gasteiger charge is -2.35. The molecule has 220 valence electrons. The van der Waals surface area contributed by atoms with E-state index in [2.05, 4.69) is 5.32 Å². The maximum atomic E-state index is 14.1. The van der Waals surface area contributed by atoms with Crippen LogP contribution < -0.4 is 15.5 Å². The summed E-state index contributed by atoms with van der Waals surface area (Å²) in [7, 11) is 0. The quantitative estimate of drug-likeness (QED) is 0.325. The number of pyridine rings is 1. The Morgan fingerprint density at radius 3 is 2.53 bits per heavy atom. The second-order valence-corrected chi connectivity index (χ2v) is 10.4. The van der Waals surface area contributed by atoms with Gasteiger partial charge in [-0.05, 0) is 35.7 Å². The first-order valence-corrected chi connectivity index (χ1v) is 13.7. The molecule has 0 bridgehead atoms. The Labute approximate surface area is 244 Å². The first kappa shape index (κ1) is 28.1. The Hall–Kier alpha value is -5.03. The predicted molar refractivity (Wildman–Crippen MR) is 151 cm³/mol. The van der Waals surface area contributed by atoms with Crippen molar-refractivity contribution in [3.05, 3.63) is 129 Å². The number of benzene rings is 3. The molecule has 0 aliphatic carbocycles. The highest BCUT2D eigenvalue weighted by molar-refractivity contribution is 5.99. The van der Waals surface area contributed by atoms with Crippen LogP contribution in [0.25, 0.3) is 0 Å². The highest BCUT2D eigenvalue weighted by Gasteiger charge is 2.45. The lowest BCUT2D eigenvalue weighted by Crippen LogP contribution is -2.50. The largest absolute Gasteiger partial charge is 0.508 e. The lowest BCUT2D eigenvalue weighted by atomic mass is 10.0. The maximum absolute atomic E-state index is 14.1. The number of carbonyl (C=O) groups is 2. The van der Waals surface area contributed by atoms with E-state index in [1.807, 2.05) is 18.2 Å². The number of phenolic OH excluding ortho intramolecular Hbond substituents is 1. The van der Waals surface area contributed by atoms with E-state index < -0.39 is 35.1 Å². The number of amides is 2. The molecule has 0 spiro atoms. The zero-order valence-electron chi connectivity index (χ0n) is 22.8. The third kappa shape index (κ3) is 5.71. The van der Waals surface area contributed by atoms with Gasteiger partial charge in [-0.25, -0.2) is 8.78 Å². The van der Waals surface area contributed by atoms with Crippen molar-refractivity contribution in [1.29, 1.82) is 0 Å². The Morgan fingerprint density at radius 1 is 1.02 bits per heavy atom. The number of hydrogen-bond acceptors (Lipinski definition) is 6. The van der Waals surface area contributed by atoms with Crippen LogP contribution in [0.3, 0.4) is 0 Å². The number of carbonyl (C=O) groups excluding carboxylic acids is 2. The highest BCUT2D eigenvalue weighted by Crippen LogP contribution is 2.32. The molecule has 2 aliphatic heterocycles. The Balaban J connectivity index is 1.32. The fourth-order valence-electron chi connectivity index (χ4n) is 5.37. The molecule has 0 radical (unpaired) electrons. The van der Waals surface area contributed by atoms with E-state index in [9.17, 15) is 28.3 Å². The molecule has 1 aromatic heterocycles. The van der Waals surface area contributed by atoms with Gasteiger partial charge >= 0.3 is 0 Å². The van der Waals surface area contributed by atoms with Crippen molar-refractivity contribution in [1.82, 2.24) is 14.8 Å². The summed E-state index contributed by atoms with van der Waals surface area (Å²) in [5.74, 6) is -3.00. The molecule has 1 saturated heterocycles. The normalized spacial score (nSPS) is 17.3. The number of aromatic hydroxyl groups is 1. The zero-order chi connectivity index (χ0) is 30.1. The van der Waals surface area contributed by atoms with Crippen molar-refractivity contribution in [2.45, 2.75) is 38.4 Å². The molecule has 2 amide bonds. The Morgan fingerprint density at radius 2 is 1.79 bits per heavy atom. The van der Waals surface area contributed by atoms with Crippen molar-refractivity contribution in [2.75, 3.05) is 6.61 Å². The summed E-state index contributed by atoms with van der Waals surface area (Å²) in [5.41, 5.74) is 0.597. The third-order valence-electron chi connectivity index (χ3n) is 7.55. The average Bonchev–Trinajstić information content (AvgIpc) is 3.40. The smallest absolute Gasteiger partial charge is 0.276 e. The molecule has 0 unspecified atom stereocenters. The molecule has 43 heavy (non-hydrogen) atoms. The molecule has 11 heteroatoms. The first-order chi connectivity index (χ1) is 20.8. The number of rotatable bonds is 8. The number of phenols is 1. The van der Waals surface area contributed by atoms with Crippen LogP contribution in [0, 0.1) is 11.6 Å². The fraction of sp³-hybridized carbons (Fsp3) is 0.219. The molecule has 2 atom stereocenters. The minimum atomic E-state index is -0.833. The van der Waals surface area contributed by atoms with Crippen molar-refractivity contribution in [2.24, 2.45) is 0 Å². The summed E-state index contributed by atoms with van der Waals surface area (Å²) in [5, 5.41) is 12.1. The molecule has 2 N–H and O–H groups in total. The van der Waals surface area contributed by atoms with E-state index in [0.29, 0.717) is 12.5 Å². The molecule has 3 aromatic carbocycles. The van der Waals surface area contributed by atoms with Gasteiger partial charge in [-0.3, -0.25) is 14.4 Å². The summed E-state index contributed by atoms with van der Waals surface area (Å²) in [6.07, 6.45) is 1.11. The number of halogens is 2. The number of hydrogen-bond donors (Lipinski definition) is 2.